The Balaban J connectivity index is 1.37. The normalized spacial score (nSPS) is 19.4. The largest absolute Gasteiger partial charge is 0.497 e. The molecule has 2 atom stereocenters. The molecule has 2 aliphatic heterocycles. The van der Waals surface area contributed by atoms with Gasteiger partial charge in [0.25, 0.3) is 0 Å². The number of fused-ring (bicyclic) bond motifs is 2. The molecule has 0 spiro atoms. The van der Waals surface area contributed by atoms with Gasteiger partial charge in [-0.3, -0.25) is 9.89 Å². The first-order chi connectivity index (χ1) is 16.6. The zero-order valence-electron chi connectivity index (χ0n) is 18.8. The number of hydrogen-bond donors (Lipinski definition) is 2. The number of methoxy groups -OCH3 is 1. The molecule has 4 heterocycles. The van der Waals surface area contributed by atoms with Crippen molar-refractivity contribution in [1.82, 2.24) is 20.1 Å². The molecule has 2 aliphatic rings. The summed E-state index contributed by atoms with van der Waals surface area (Å²) in [5, 5.41) is 11.7. The average Bonchev–Trinajstić information content (AvgIpc) is 3.43. The van der Waals surface area contributed by atoms with Crippen LogP contribution in [0.25, 0.3) is 22.0 Å². The fourth-order valence-corrected chi connectivity index (χ4v) is 5.11. The van der Waals surface area contributed by atoms with E-state index in [9.17, 15) is 4.79 Å². The molecule has 174 valence electrons. The monoisotopic (exact) mass is 476 g/mol. The Morgan fingerprint density at radius 1 is 1.29 bits per heavy atom. The maximum Gasteiger partial charge on any atom is 0.171 e. The Morgan fingerprint density at radius 3 is 2.91 bits per heavy atom. The summed E-state index contributed by atoms with van der Waals surface area (Å²) in [6.07, 6.45) is 5.49. The van der Waals surface area contributed by atoms with E-state index < -0.39 is 0 Å². The number of H-pyrrole nitrogens is 1. The van der Waals surface area contributed by atoms with Crippen LogP contribution in [0.3, 0.4) is 0 Å². The molecular weight excluding hydrogens is 452 g/mol. The van der Waals surface area contributed by atoms with E-state index >= 15 is 0 Å². The second kappa shape index (κ2) is 8.49. The van der Waals surface area contributed by atoms with Gasteiger partial charge in [-0.05, 0) is 54.8 Å². The summed E-state index contributed by atoms with van der Waals surface area (Å²) in [6.45, 7) is 2.22. The predicted octanol–water partition coefficient (Wildman–Crippen LogP) is 4.49. The standard InChI is InChI=1S/C26H25ClN4O3/c1-33-19-3-5-24-16(9-19)8-17(14-34-24)25(32)22-13-31(12-18-6-7-28-18)23-10-15(2-4-20(22)23)21-11-29-30-26(21)27/h2-5,9-11,13,17-18,28H,6-8,12,14H2,1H3,(H,29,30)/t17?,18-/m1/s1. The third-order valence-corrected chi connectivity index (χ3v) is 7.23. The van der Waals surface area contributed by atoms with Gasteiger partial charge in [0, 0.05) is 40.8 Å². The molecule has 2 aromatic heterocycles. The minimum absolute atomic E-state index is 0.105. The maximum atomic E-state index is 13.8. The highest BCUT2D eigenvalue weighted by molar-refractivity contribution is 6.32. The highest BCUT2D eigenvalue weighted by Crippen LogP contribution is 2.35. The van der Waals surface area contributed by atoms with E-state index in [1.807, 2.05) is 36.5 Å². The lowest BCUT2D eigenvalue weighted by Crippen LogP contribution is -2.45. The van der Waals surface area contributed by atoms with Gasteiger partial charge in [0.15, 0.2) is 5.78 Å². The molecule has 0 saturated carbocycles. The number of rotatable bonds is 6. The lowest BCUT2D eigenvalue weighted by atomic mass is 9.89. The zero-order valence-corrected chi connectivity index (χ0v) is 19.6. The van der Waals surface area contributed by atoms with Crippen LogP contribution in [0.15, 0.2) is 48.8 Å². The van der Waals surface area contributed by atoms with Crippen LogP contribution in [0.4, 0.5) is 0 Å². The summed E-state index contributed by atoms with van der Waals surface area (Å²) >= 11 is 6.29. The second-order valence-corrected chi connectivity index (χ2v) is 9.39. The molecule has 34 heavy (non-hydrogen) atoms. The number of halogens is 1. The molecule has 4 aromatic rings. The van der Waals surface area contributed by atoms with E-state index in [0.717, 1.165) is 64.2 Å². The van der Waals surface area contributed by atoms with Crippen LogP contribution in [0, 0.1) is 5.92 Å². The van der Waals surface area contributed by atoms with Crippen LogP contribution >= 0.6 is 11.6 Å². The topological polar surface area (TPSA) is 81.2 Å². The average molecular weight is 477 g/mol. The van der Waals surface area contributed by atoms with Gasteiger partial charge in [-0.2, -0.15) is 5.10 Å². The summed E-state index contributed by atoms with van der Waals surface area (Å²) in [4.78, 5) is 13.8. The third kappa shape index (κ3) is 3.65. The first kappa shape index (κ1) is 21.3. The molecular formula is C26H25ClN4O3. The lowest BCUT2D eigenvalue weighted by Gasteiger charge is -2.28. The van der Waals surface area contributed by atoms with Crippen LogP contribution in [0.1, 0.15) is 22.3 Å². The molecule has 7 nitrogen and oxygen atoms in total. The molecule has 0 radical (unpaired) electrons. The van der Waals surface area contributed by atoms with Gasteiger partial charge in [-0.25, -0.2) is 0 Å². The van der Waals surface area contributed by atoms with E-state index in [4.69, 9.17) is 21.1 Å². The van der Waals surface area contributed by atoms with Crippen LogP contribution in [0.5, 0.6) is 11.5 Å². The fraction of sp³-hybridized carbons (Fsp3) is 0.308. The Kier molecular flexibility index (Phi) is 5.31. The second-order valence-electron chi connectivity index (χ2n) is 9.01. The van der Waals surface area contributed by atoms with Gasteiger partial charge in [0.2, 0.25) is 0 Å². The van der Waals surface area contributed by atoms with Gasteiger partial charge < -0.3 is 19.4 Å². The van der Waals surface area contributed by atoms with Crippen LogP contribution in [0.2, 0.25) is 5.15 Å². The van der Waals surface area contributed by atoms with Crippen molar-refractivity contribution in [1.29, 1.82) is 0 Å². The quantitative estimate of drug-likeness (QED) is 0.401. The van der Waals surface area contributed by atoms with Gasteiger partial charge in [-0.15, -0.1) is 0 Å². The van der Waals surface area contributed by atoms with Crippen LogP contribution in [-0.4, -0.2) is 46.9 Å². The van der Waals surface area contributed by atoms with Crippen molar-refractivity contribution >= 4 is 28.3 Å². The highest BCUT2D eigenvalue weighted by Gasteiger charge is 2.30. The summed E-state index contributed by atoms with van der Waals surface area (Å²) in [6, 6.07) is 12.3. The Bertz CT molecular complexity index is 1390. The van der Waals surface area contributed by atoms with E-state index in [0.29, 0.717) is 24.2 Å². The van der Waals surface area contributed by atoms with Crippen LogP contribution in [-0.2, 0) is 13.0 Å². The number of benzene rings is 2. The van der Waals surface area contributed by atoms with Gasteiger partial charge >= 0.3 is 0 Å². The number of ether oxygens (including phenoxy) is 2. The molecule has 1 saturated heterocycles. The number of hydrogen-bond acceptors (Lipinski definition) is 5. The molecule has 0 aliphatic carbocycles. The van der Waals surface area contributed by atoms with Crippen molar-refractivity contribution in [2.24, 2.45) is 5.92 Å². The number of nitrogens with zero attached hydrogens (tertiary/aromatic N) is 2. The number of carbonyl (C=O) groups is 1. The first-order valence-electron chi connectivity index (χ1n) is 11.5. The summed E-state index contributed by atoms with van der Waals surface area (Å²) in [7, 11) is 1.64. The SMILES string of the molecule is COc1ccc2c(c1)CC(C(=O)c1cn(C[C@H]3CCN3)c3cc(-c4cn[nH]c4Cl)ccc13)CO2. The molecule has 6 rings (SSSR count). The summed E-state index contributed by atoms with van der Waals surface area (Å²) < 4.78 is 13.5. The molecule has 1 unspecified atom stereocenters. The number of aromatic nitrogens is 3. The molecule has 0 amide bonds. The Hall–Kier alpha value is -3.29. The molecule has 2 N–H and O–H groups in total. The summed E-state index contributed by atoms with van der Waals surface area (Å²) in [5.74, 6) is 1.45. The van der Waals surface area contributed by atoms with Crippen molar-refractivity contribution in [3.8, 4) is 22.6 Å². The van der Waals surface area contributed by atoms with E-state index in [1.54, 1.807) is 13.3 Å². The maximum absolute atomic E-state index is 13.8. The Labute approximate surface area is 202 Å². The molecule has 2 aromatic carbocycles. The highest BCUT2D eigenvalue weighted by atomic mass is 35.5. The smallest absolute Gasteiger partial charge is 0.171 e. The van der Waals surface area contributed by atoms with Gasteiger partial charge in [0.05, 0.1) is 25.8 Å². The Morgan fingerprint density at radius 2 is 2.18 bits per heavy atom. The molecule has 0 bridgehead atoms. The third-order valence-electron chi connectivity index (χ3n) is 6.94. The van der Waals surface area contributed by atoms with E-state index in [1.165, 1.54) is 0 Å². The number of Topliss-reactive ketones (excluding diaryl/α,β-unsaturated/α-hetero) is 1. The predicted molar refractivity (Wildman–Crippen MR) is 131 cm³/mol. The first-order valence-corrected chi connectivity index (χ1v) is 11.9. The number of nitrogens with one attached hydrogen (secondary N) is 2. The number of ketones is 1. The summed E-state index contributed by atoms with van der Waals surface area (Å²) in [5.41, 5.74) is 4.57. The van der Waals surface area contributed by atoms with E-state index in [-0.39, 0.29) is 11.7 Å². The molecule has 8 heteroatoms. The minimum Gasteiger partial charge on any atom is -0.497 e. The van der Waals surface area contributed by atoms with Crippen molar-refractivity contribution in [3.63, 3.8) is 0 Å². The van der Waals surface area contributed by atoms with Crippen LogP contribution < -0.4 is 14.8 Å². The van der Waals surface area contributed by atoms with Crippen molar-refractivity contribution < 1.29 is 14.3 Å². The van der Waals surface area contributed by atoms with Gasteiger partial charge in [-0.1, -0.05) is 23.7 Å². The lowest BCUT2D eigenvalue weighted by molar-refractivity contribution is 0.0856. The van der Waals surface area contributed by atoms with Crippen molar-refractivity contribution in [3.05, 3.63) is 65.1 Å². The van der Waals surface area contributed by atoms with E-state index in [2.05, 4.69) is 26.1 Å². The molecule has 1 fully saturated rings. The fourth-order valence-electron chi connectivity index (χ4n) is 4.91. The van der Waals surface area contributed by atoms with Gasteiger partial charge in [0.1, 0.15) is 16.7 Å². The van der Waals surface area contributed by atoms with Crippen molar-refractivity contribution in [2.75, 3.05) is 20.3 Å². The minimum atomic E-state index is -0.247. The number of carbonyl (C=O) groups excluding carboxylic acids is 1. The number of aromatic amines is 1. The zero-order chi connectivity index (χ0) is 23.2. The van der Waals surface area contributed by atoms with Crippen molar-refractivity contribution in [2.45, 2.75) is 25.4 Å².